The minimum absolute atomic E-state index is 0.0430. The van der Waals surface area contributed by atoms with Gasteiger partial charge in [-0.3, -0.25) is 14.5 Å². The Labute approximate surface area is 179 Å². The summed E-state index contributed by atoms with van der Waals surface area (Å²) >= 11 is 0. The maximum absolute atomic E-state index is 12.4. The molecular weight excluding hydrogens is 404 g/mol. The van der Waals surface area contributed by atoms with E-state index in [0.717, 1.165) is 5.69 Å². The number of carbonyl (C=O) groups excluding carboxylic acids is 4. The first-order chi connectivity index (χ1) is 14.7. The molecule has 0 spiro atoms. The summed E-state index contributed by atoms with van der Waals surface area (Å²) in [5, 5.41) is 5.26. The summed E-state index contributed by atoms with van der Waals surface area (Å²) in [6, 6.07) is 9.33. The summed E-state index contributed by atoms with van der Waals surface area (Å²) in [7, 11) is 4.02. The van der Waals surface area contributed by atoms with Crippen LogP contribution in [0.15, 0.2) is 36.4 Å². The molecule has 1 aromatic heterocycles. The van der Waals surface area contributed by atoms with E-state index in [0.29, 0.717) is 5.82 Å². The number of aryl methyl sites for hydroxylation is 1. The second kappa shape index (κ2) is 10.8. The highest BCUT2D eigenvalue weighted by molar-refractivity contribution is 6.00. The molecule has 0 unspecified atom stereocenters. The first kappa shape index (κ1) is 23.5. The minimum atomic E-state index is -0.667. The lowest BCUT2D eigenvalue weighted by atomic mass is 10.1. The Hall–Kier alpha value is -3.79. The number of amides is 2. The number of likely N-dealkylation sites (N-methyl/N-ethyl adjacent to an activating group) is 1. The highest BCUT2D eigenvalue weighted by Gasteiger charge is 2.16. The molecular formula is C21H24N4O6. The molecule has 2 aromatic rings. The van der Waals surface area contributed by atoms with Crippen molar-refractivity contribution in [2.45, 2.75) is 6.92 Å². The molecule has 0 aliphatic carbocycles. The van der Waals surface area contributed by atoms with E-state index in [9.17, 15) is 19.2 Å². The third-order valence-corrected chi connectivity index (χ3v) is 4.04. The predicted molar refractivity (Wildman–Crippen MR) is 113 cm³/mol. The molecule has 0 fully saturated rings. The monoisotopic (exact) mass is 428 g/mol. The quantitative estimate of drug-likeness (QED) is 0.605. The second-order valence-electron chi connectivity index (χ2n) is 6.72. The summed E-state index contributed by atoms with van der Waals surface area (Å²) in [5.41, 5.74) is 1.15. The van der Waals surface area contributed by atoms with Gasteiger partial charge in [-0.05, 0) is 44.3 Å². The number of benzene rings is 1. The van der Waals surface area contributed by atoms with Crippen LogP contribution in [0.4, 0.5) is 11.5 Å². The van der Waals surface area contributed by atoms with E-state index in [4.69, 9.17) is 0 Å². The number of carbonyl (C=O) groups is 4. The zero-order chi connectivity index (χ0) is 23.0. The first-order valence-corrected chi connectivity index (χ1v) is 9.25. The number of pyridine rings is 1. The number of esters is 2. The Morgan fingerprint density at radius 3 is 1.97 bits per heavy atom. The van der Waals surface area contributed by atoms with Crippen LogP contribution < -0.4 is 10.6 Å². The van der Waals surface area contributed by atoms with Gasteiger partial charge in [0.15, 0.2) is 0 Å². The van der Waals surface area contributed by atoms with Gasteiger partial charge in [0.25, 0.3) is 0 Å². The Kier molecular flexibility index (Phi) is 8.21. The zero-order valence-electron chi connectivity index (χ0n) is 17.7. The zero-order valence-corrected chi connectivity index (χ0v) is 17.7. The Morgan fingerprint density at radius 2 is 1.45 bits per heavy atom. The average molecular weight is 428 g/mol. The molecule has 0 bridgehead atoms. The van der Waals surface area contributed by atoms with Crippen LogP contribution in [0.3, 0.4) is 0 Å². The van der Waals surface area contributed by atoms with Gasteiger partial charge >= 0.3 is 11.9 Å². The van der Waals surface area contributed by atoms with Crippen molar-refractivity contribution in [3.63, 3.8) is 0 Å². The molecule has 10 nitrogen and oxygen atoms in total. The maximum atomic E-state index is 12.4. The van der Waals surface area contributed by atoms with Gasteiger partial charge in [0, 0.05) is 11.4 Å². The normalized spacial score (nSPS) is 10.4. The van der Waals surface area contributed by atoms with Crippen LogP contribution in [-0.2, 0) is 19.1 Å². The van der Waals surface area contributed by atoms with E-state index in [1.54, 1.807) is 19.2 Å². The van der Waals surface area contributed by atoms with Gasteiger partial charge in [-0.15, -0.1) is 0 Å². The van der Waals surface area contributed by atoms with Crippen molar-refractivity contribution < 1.29 is 28.7 Å². The Bertz CT molecular complexity index is 957. The summed E-state index contributed by atoms with van der Waals surface area (Å²) in [5.74, 6) is -1.67. The third-order valence-electron chi connectivity index (χ3n) is 4.04. The van der Waals surface area contributed by atoms with Crippen LogP contribution in [0.1, 0.15) is 26.4 Å². The number of methoxy groups -OCH3 is 2. The number of nitrogens with one attached hydrogen (secondary N) is 2. The molecule has 0 aliphatic rings. The lowest BCUT2D eigenvalue weighted by Crippen LogP contribution is -2.36. The number of aromatic nitrogens is 1. The van der Waals surface area contributed by atoms with Crippen molar-refractivity contribution in [1.82, 2.24) is 9.88 Å². The highest BCUT2D eigenvalue weighted by atomic mass is 16.5. The fraction of sp³-hybridized carbons (Fsp3) is 0.286. The number of ether oxygens (including phenoxy) is 2. The molecule has 1 heterocycles. The van der Waals surface area contributed by atoms with E-state index in [1.807, 2.05) is 13.0 Å². The molecule has 0 atom stereocenters. The molecule has 0 aliphatic heterocycles. The number of rotatable bonds is 8. The van der Waals surface area contributed by atoms with Crippen molar-refractivity contribution in [1.29, 1.82) is 0 Å². The summed E-state index contributed by atoms with van der Waals surface area (Å²) in [6.07, 6.45) is 0. The lowest BCUT2D eigenvalue weighted by molar-refractivity contribution is -0.119. The first-order valence-electron chi connectivity index (χ1n) is 9.25. The van der Waals surface area contributed by atoms with E-state index in [1.165, 1.54) is 37.3 Å². The van der Waals surface area contributed by atoms with Crippen LogP contribution in [0.2, 0.25) is 0 Å². The Morgan fingerprint density at radius 1 is 0.903 bits per heavy atom. The standard InChI is InChI=1S/C21H24N4O6/c1-13-6-5-7-17(22-13)24-19(27)12-25(2)11-18(26)23-16-9-14(20(28)30-3)8-15(10-16)21(29)31-4/h5-10H,11-12H2,1-4H3,(H,23,26)(H,22,24,27). The van der Waals surface area contributed by atoms with Crippen LogP contribution >= 0.6 is 0 Å². The van der Waals surface area contributed by atoms with Gasteiger partial charge in [0.1, 0.15) is 5.82 Å². The molecule has 2 N–H and O–H groups in total. The van der Waals surface area contributed by atoms with Gasteiger partial charge in [0.2, 0.25) is 11.8 Å². The predicted octanol–water partition coefficient (Wildman–Crippen LogP) is 1.47. The molecule has 1 aromatic carbocycles. The minimum Gasteiger partial charge on any atom is -0.465 e. The van der Waals surface area contributed by atoms with Crippen LogP contribution in [0.25, 0.3) is 0 Å². The van der Waals surface area contributed by atoms with Crippen molar-refractivity contribution >= 4 is 35.3 Å². The summed E-state index contributed by atoms with van der Waals surface area (Å²) in [4.78, 5) is 53.9. The molecule has 0 saturated carbocycles. The number of anilines is 2. The maximum Gasteiger partial charge on any atom is 0.337 e. The van der Waals surface area contributed by atoms with Crippen LogP contribution in [-0.4, -0.2) is 68.0 Å². The largest absolute Gasteiger partial charge is 0.465 e. The van der Waals surface area contributed by atoms with Gasteiger partial charge in [-0.25, -0.2) is 14.6 Å². The van der Waals surface area contributed by atoms with Crippen molar-refractivity contribution in [2.75, 3.05) is 45.0 Å². The summed E-state index contributed by atoms with van der Waals surface area (Å²) < 4.78 is 9.34. The van der Waals surface area contributed by atoms with Crippen molar-refractivity contribution in [3.05, 3.63) is 53.2 Å². The SMILES string of the molecule is COC(=O)c1cc(NC(=O)CN(C)CC(=O)Nc2cccc(C)n2)cc(C(=O)OC)c1. The van der Waals surface area contributed by atoms with E-state index in [-0.39, 0.29) is 35.8 Å². The van der Waals surface area contributed by atoms with Gasteiger partial charge in [-0.1, -0.05) is 6.07 Å². The highest BCUT2D eigenvalue weighted by Crippen LogP contribution is 2.17. The second-order valence-corrected chi connectivity index (χ2v) is 6.72. The van der Waals surface area contributed by atoms with Gasteiger partial charge in [0.05, 0.1) is 38.4 Å². The van der Waals surface area contributed by atoms with Crippen LogP contribution in [0, 0.1) is 6.92 Å². The van der Waals surface area contributed by atoms with E-state index in [2.05, 4.69) is 25.1 Å². The molecule has 2 amide bonds. The molecule has 31 heavy (non-hydrogen) atoms. The molecule has 0 radical (unpaired) electrons. The van der Waals surface area contributed by atoms with Gasteiger partial charge in [-0.2, -0.15) is 0 Å². The smallest absolute Gasteiger partial charge is 0.337 e. The lowest BCUT2D eigenvalue weighted by Gasteiger charge is -2.16. The number of nitrogens with zero attached hydrogens (tertiary/aromatic N) is 2. The van der Waals surface area contributed by atoms with Crippen molar-refractivity contribution in [3.8, 4) is 0 Å². The topological polar surface area (TPSA) is 127 Å². The summed E-state index contributed by atoms with van der Waals surface area (Å²) in [6.45, 7) is 1.66. The molecule has 164 valence electrons. The molecule has 0 saturated heterocycles. The molecule has 10 heteroatoms. The average Bonchev–Trinajstić information content (AvgIpc) is 2.71. The Balaban J connectivity index is 1.99. The van der Waals surface area contributed by atoms with E-state index >= 15 is 0 Å². The van der Waals surface area contributed by atoms with Crippen molar-refractivity contribution in [2.24, 2.45) is 0 Å². The third kappa shape index (κ3) is 7.19. The fourth-order valence-corrected chi connectivity index (χ4v) is 2.71. The van der Waals surface area contributed by atoms with Crippen LogP contribution in [0.5, 0.6) is 0 Å². The van der Waals surface area contributed by atoms with E-state index < -0.39 is 17.8 Å². The number of hydrogen-bond donors (Lipinski definition) is 2. The van der Waals surface area contributed by atoms with Gasteiger partial charge < -0.3 is 20.1 Å². The number of hydrogen-bond acceptors (Lipinski definition) is 8. The molecule has 2 rings (SSSR count). The fourth-order valence-electron chi connectivity index (χ4n) is 2.71.